The van der Waals surface area contributed by atoms with Crippen LogP contribution < -0.4 is 15.4 Å². The molecule has 2 fully saturated rings. The van der Waals surface area contributed by atoms with E-state index in [-0.39, 0.29) is 23.0 Å². The highest BCUT2D eigenvalue weighted by atomic mass is 19.3. The van der Waals surface area contributed by atoms with Crippen molar-refractivity contribution in [1.82, 2.24) is 10.2 Å². The van der Waals surface area contributed by atoms with Crippen molar-refractivity contribution < 1.29 is 27.9 Å². The number of benzene rings is 1. The maximum absolute atomic E-state index is 13.0. The number of imide groups is 1. The van der Waals surface area contributed by atoms with Crippen LogP contribution in [0.2, 0.25) is 0 Å². The van der Waals surface area contributed by atoms with Gasteiger partial charge >= 0.3 is 12.6 Å². The zero-order valence-corrected chi connectivity index (χ0v) is 16.6. The Hall–Kier alpha value is -2.71. The fraction of sp³-hybridized carbons (Fsp3) is 0.550. The summed E-state index contributed by atoms with van der Waals surface area (Å²) in [6.07, 6.45) is 2.03. The van der Waals surface area contributed by atoms with Gasteiger partial charge in [0.1, 0.15) is 17.8 Å². The third-order valence-corrected chi connectivity index (χ3v) is 5.29. The summed E-state index contributed by atoms with van der Waals surface area (Å²) in [5, 5.41) is 5.37. The number of hydrogen-bond acceptors (Lipinski definition) is 4. The summed E-state index contributed by atoms with van der Waals surface area (Å²) in [5.74, 6) is -0.706. The minimum Gasteiger partial charge on any atom is -0.435 e. The average molecular weight is 409 g/mol. The summed E-state index contributed by atoms with van der Waals surface area (Å²) < 4.78 is 28.6. The predicted octanol–water partition coefficient (Wildman–Crippen LogP) is 3.36. The van der Waals surface area contributed by atoms with Crippen LogP contribution in [0, 0.1) is 11.3 Å². The normalized spacial score (nSPS) is 26.0. The molecule has 1 spiro atoms. The number of rotatable bonds is 5. The molecule has 1 aromatic rings. The molecule has 1 saturated heterocycles. The van der Waals surface area contributed by atoms with E-state index in [0.29, 0.717) is 18.5 Å². The summed E-state index contributed by atoms with van der Waals surface area (Å²) in [7, 11) is 0. The van der Waals surface area contributed by atoms with E-state index < -0.39 is 30.6 Å². The lowest BCUT2D eigenvalue weighted by Crippen LogP contribution is -2.54. The first-order chi connectivity index (χ1) is 13.5. The van der Waals surface area contributed by atoms with E-state index in [1.54, 1.807) is 0 Å². The predicted molar refractivity (Wildman–Crippen MR) is 101 cm³/mol. The highest BCUT2D eigenvalue weighted by molar-refractivity contribution is 6.10. The summed E-state index contributed by atoms with van der Waals surface area (Å²) in [4.78, 5) is 38.8. The standard InChI is InChI=1S/C20H25F2N3O4/c1-12-8-19(2,3)11-20(9-12)16(27)25(18(28)24-20)10-15(26)23-13-4-6-14(7-5-13)29-17(21)22/h4-7,12,17H,8-11H2,1-3H3,(H,23,26)(H,24,28)/t12-,20+/m0/s1. The van der Waals surface area contributed by atoms with Crippen LogP contribution in [-0.4, -0.2) is 41.4 Å². The zero-order chi connectivity index (χ0) is 21.4. The Morgan fingerprint density at radius 1 is 1.28 bits per heavy atom. The second-order valence-electron chi connectivity index (χ2n) is 8.71. The van der Waals surface area contributed by atoms with E-state index in [1.807, 2.05) is 0 Å². The number of carbonyl (C=O) groups excluding carboxylic acids is 3. The van der Waals surface area contributed by atoms with Crippen molar-refractivity contribution in [2.24, 2.45) is 11.3 Å². The molecule has 2 aliphatic rings. The first-order valence-electron chi connectivity index (χ1n) is 9.49. The van der Waals surface area contributed by atoms with Gasteiger partial charge in [0.15, 0.2) is 0 Å². The Morgan fingerprint density at radius 3 is 2.52 bits per heavy atom. The molecule has 29 heavy (non-hydrogen) atoms. The van der Waals surface area contributed by atoms with Crippen molar-refractivity contribution >= 4 is 23.5 Å². The molecule has 9 heteroatoms. The van der Waals surface area contributed by atoms with Gasteiger partial charge in [0, 0.05) is 5.69 Å². The molecule has 2 N–H and O–H groups in total. The lowest BCUT2D eigenvalue weighted by atomic mass is 9.64. The van der Waals surface area contributed by atoms with E-state index in [4.69, 9.17) is 0 Å². The number of anilines is 1. The number of urea groups is 1. The summed E-state index contributed by atoms with van der Waals surface area (Å²) >= 11 is 0. The maximum Gasteiger partial charge on any atom is 0.387 e. The van der Waals surface area contributed by atoms with Gasteiger partial charge in [-0.1, -0.05) is 20.8 Å². The van der Waals surface area contributed by atoms with Gasteiger partial charge in [-0.2, -0.15) is 8.78 Å². The molecule has 0 unspecified atom stereocenters. The zero-order valence-electron chi connectivity index (χ0n) is 16.6. The smallest absolute Gasteiger partial charge is 0.387 e. The van der Waals surface area contributed by atoms with Crippen LogP contribution in [0.25, 0.3) is 0 Å². The Bertz CT molecular complexity index is 812. The van der Waals surface area contributed by atoms with E-state index in [9.17, 15) is 23.2 Å². The van der Waals surface area contributed by atoms with Crippen LogP contribution in [0.1, 0.15) is 40.0 Å². The third-order valence-electron chi connectivity index (χ3n) is 5.29. The van der Waals surface area contributed by atoms with E-state index >= 15 is 0 Å². The highest BCUT2D eigenvalue weighted by Gasteiger charge is 2.56. The molecule has 7 nitrogen and oxygen atoms in total. The van der Waals surface area contributed by atoms with Gasteiger partial charge in [0.05, 0.1) is 0 Å². The van der Waals surface area contributed by atoms with Gasteiger partial charge in [-0.05, 0) is 54.9 Å². The van der Waals surface area contributed by atoms with Crippen LogP contribution >= 0.6 is 0 Å². The second-order valence-corrected chi connectivity index (χ2v) is 8.71. The molecule has 3 rings (SSSR count). The number of ether oxygens (including phenoxy) is 1. The molecule has 2 atom stereocenters. The van der Waals surface area contributed by atoms with Gasteiger partial charge in [-0.25, -0.2) is 4.79 Å². The van der Waals surface area contributed by atoms with Gasteiger partial charge in [-0.3, -0.25) is 14.5 Å². The molecule has 0 radical (unpaired) electrons. The number of amides is 4. The fourth-order valence-electron chi connectivity index (χ4n) is 4.71. The summed E-state index contributed by atoms with van der Waals surface area (Å²) in [5.41, 5.74) is -0.723. The Morgan fingerprint density at radius 2 is 1.93 bits per heavy atom. The minimum absolute atomic E-state index is 0.0388. The van der Waals surface area contributed by atoms with Crippen molar-refractivity contribution in [2.45, 2.75) is 52.2 Å². The number of nitrogens with zero attached hydrogens (tertiary/aromatic N) is 1. The molecule has 1 aliphatic heterocycles. The molecular weight excluding hydrogens is 384 g/mol. The van der Waals surface area contributed by atoms with Gasteiger partial charge < -0.3 is 15.4 Å². The Kier molecular flexibility index (Phi) is 5.51. The minimum atomic E-state index is -2.94. The van der Waals surface area contributed by atoms with Crippen molar-refractivity contribution in [3.63, 3.8) is 0 Å². The third kappa shape index (κ3) is 4.65. The van der Waals surface area contributed by atoms with Crippen LogP contribution in [0.5, 0.6) is 5.75 Å². The van der Waals surface area contributed by atoms with Gasteiger partial charge in [0.25, 0.3) is 5.91 Å². The quantitative estimate of drug-likeness (QED) is 0.730. The summed E-state index contributed by atoms with van der Waals surface area (Å²) in [6.45, 7) is 2.84. The Labute approximate surface area is 167 Å². The summed E-state index contributed by atoms with van der Waals surface area (Å²) in [6, 6.07) is 4.80. The molecule has 1 aliphatic carbocycles. The molecule has 158 valence electrons. The van der Waals surface area contributed by atoms with Gasteiger partial charge in [0.2, 0.25) is 5.91 Å². The second kappa shape index (κ2) is 7.61. The molecule has 4 amide bonds. The first-order valence-corrected chi connectivity index (χ1v) is 9.49. The van der Waals surface area contributed by atoms with Gasteiger partial charge in [-0.15, -0.1) is 0 Å². The molecule has 0 bridgehead atoms. The average Bonchev–Trinajstić information content (AvgIpc) is 2.78. The van der Waals surface area contributed by atoms with Crippen LogP contribution in [0.15, 0.2) is 24.3 Å². The SMILES string of the molecule is C[C@H]1CC(C)(C)C[C@@]2(C1)NC(=O)N(CC(=O)Nc1ccc(OC(F)F)cc1)C2=O. The van der Waals surface area contributed by atoms with Crippen molar-refractivity contribution in [3.8, 4) is 5.75 Å². The number of nitrogens with one attached hydrogen (secondary N) is 2. The molecule has 0 aromatic heterocycles. The number of hydrogen-bond donors (Lipinski definition) is 2. The topological polar surface area (TPSA) is 87.7 Å². The fourth-order valence-corrected chi connectivity index (χ4v) is 4.71. The van der Waals surface area contributed by atoms with Crippen molar-refractivity contribution in [1.29, 1.82) is 0 Å². The molecule has 1 saturated carbocycles. The van der Waals surface area contributed by atoms with E-state index in [1.165, 1.54) is 24.3 Å². The lowest BCUT2D eigenvalue weighted by molar-refractivity contribution is -0.136. The molecular formula is C20H25F2N3O4. The molecule has 1 heterocycles. The first kappa shape index (κ1) is 21.0. The number of halogens is 2. The van der Waals surface area contributed by atoms with Crippen LogP contribution in [0.3, 0.4) is 0 Å². The molecule has 1 aromatic carbocycles. The Balaban J connectivity index is 1.65. The van der Waals surface area contributed by atoms with Crippen LogP contribution in [0.4, 0.5) is 19.3 Å². The van der Waals surface area contributed by atoms with E-state index in [2.05, 4.69) is 36.1 Å². The largest absolute Gasteiger partial charge is 0.435 e. The lowest BCUT2D eigenvalue weighted by Gasteiger charge is -2.43. The maximum atomic E-state index is 13.0. The number of carbonyl (C=O) groups is 3. The highest BCUT2D eigenvalue weighted by Crippen LogP contribution is 2.46. The van der Waals surface area contributed by atoms with E-state index in [0.717, 1.165) is 11.3 Å². The number of alkyl halides is 2. The monoisotopic (exact) mass is 409 g/mol. The van der Waals surface area contributed by atoms with Crippen LogP contribution in [-0.2, 0) is 9.59 Å². The van der Waals surface area contributed by atoms with Crippen molar-refractivity contribution in [2.75, 3.05) is 11.9 Å². The van der Waals surface area contributed by atoms with Crippen molar-refractivity contribution in [3.05, 3.63) is 24.3 Å².